The van der Waals surface area contributed by atoms with Gasteiger partial charge in [-0.1, -0.05) is 13.8 Å². The van der Waals surface area contributed by atoms with Crippen molar-refractivity contribution in [2.75, 3.05) is 0 Å². The Bertz CT molecular complexity index is 581. The van der Waals surface area contributed by atoms with E-state index in [-0.39, 0.29) is 5.76 Å². The zero-order valence-electron chi connectivity index (χ0n) is 13.0. The van der Waals surface area contributed by atoms with Crippen LogP contribution in [0.1, 0.15) is 31.3 Å². The van der Waals surface area contributed by atoms with E-state index in [0.717, 1.165) is 0 Å². The standard InChI is InChI=1S/C14H19N3O6/c1-7(2)10(12(19)17-14(15)21)23-13(20)8(3)16-11(18)9-5-4-6-22-9/h4-8,10H,1-3H3,(H,16,18)(H3,15,17,19,21)/t8-,10+/m0/s1. The zero-order valence-corrected chi connectivity index (χ0v) is 13.0. The number of carbonyl (C=O) groups is 4. The van der Waals surface area contributed by atoms with E-state index >= 15 is 0 Å². The largest absolute Gasteiger partial charge is 0.459 e. The highest BCUT2D eigenvalue weighted by Crippen LogP contribution is 2.09. The summed E-state index contributed by atoms with van der Waals surface area (Å²) in [6.45, 7) is 4.65. The van der Waals surface area contributed by atoms with E-state index in [0.29, 0.717) is 0 Å². The highest BCUT2D eigenvalue weighted by molar-refractivity contribution is 5.97. The average Bonchev–Trinajstić information content (AvgIpc) is 2.97. The highest BCUT2D eigenvalue weighted by atomic mass is 16.5. The lowest BCUT2D eigenvalue weighted by atomic mass is 10.1. The Morgan fingerprint density at radius 2 is 1.87 bits per heavy atom. The summed E-state index contributed by atoms with van der Waals surface area (Å²) in [6.07, 6.45) is 0.110. The van der Waals surface area contributed by atoms with Gasteiger partial charge in [-0.05, 0) is 25.0 Å². The minimum Gasteiger partial charge on any atom is -0.459 e. The van der Waals surface area contributed by atoms with Crippen LogP contribution in [-0.4, -0.2) is 36.0 Å². The summed E-state index contributed by atoms with van der Waals surface area (Å²) in [6, 6.07) is 0.900. The maximum Gasteiger partial charge on any atom is 0.329 e. The van der Waals surface area contributed by atoms with E-state index in [2.05, 4.69) is 5.32 Å². The van der Waals surface area contributed by atoms with E-state index in [1.165, 1.54) is 25.3 Å². The first kappa shape index (κ1) is 18.2. The smallest absolute Gasteiger partial charge is 0.329 e. The number of nitrogens with one attached hydrogen (secondary N) is 2. The first-order chi connectivity index (χ1) is 10.7. The number of ether oxygens (including phenoxy) is 1. The molecule has 4 amide bonds. The monoisotopic (exact) mass is 325 g/mol. The molecule has 0 radical (unpaired) electrons. The molecule has 9 nitrogen and oxygen atoms in total. The Hall–Kier alpha value is -2.84. The number of amides is 4. The van der Waals surface area contributed by atoms with Crippen molar-refractivity contribution >= 4 is 23.8 Å². The van der Waals surface area contributed by atoms with Gasteiger partial charge >= 0.3 is 12.0 Å². The Morgan fingerprint density at radius 1 is 1.22 bits per heavy atom. The lowest BCUT2D eigenvalue weighted by Gasteiger charge is -2.22. The van der Waals surface area contributed by atoms with Crippen molar-refractivity contribution in [3.63, 3.8) is 0 Å². The third kappa shape index (κ3) is 5.46. The molecule has 0 aromatic carbocycles. The fourth-order valence-corrected chi connectivity index (χ4v) is 1.65. The number of urea groups is 1. The molecule has 9 heteroatoms. The van der Waals surface area contributed by atoms with E-state index < -0.39 is 41.9 Å². The van der Waals surface area contributed by atoms with E-state index in [9.17, 15) is 19.2 Å². The van der Waals surface area contributed by atoms with Crippen LogP contribution in [0.4, 0.5) is 4.79 Å². The summed E-state index contributed by atoms with van der Waals surface area (Å²) < 4.78 is 9.95. The Balaban J connectivity index is 2.65. The third-order valence-corrected chi connectivity index (χ3v) is 2.80. The molecule has 0 aliphatic heterocycles. The van der Waals surface area contributed by atoms with Crippen LogP contribution in [0.3, 0.4) is 0 Å². The molecule has 0 aliphatic rings. The quantitative estimate of drug-likeness (QED) is 0.636. The lowest BCUT2D eigenvalue weighted by Crippen LogP contribution is -2.48. The summed E-state index contributed by atoms with van der Waals surface area (Å²) in [7, 11) is 0. The van der Waals surface area contributed by atoms with Crippen LogP contribution < -0.4 is 16.4 Å². The molecule has 0 aliphatic carbocycles. The van der Waals surface area contributed by atoms with Crippen LogP contribution in [-0.2, 0) is 14.3 Å². The van der Waals surface area contributed by atoms with Crippen molar-refractivity contribution in [3.05, 3.63) is 24.2 Å². The van der Waals surface area contributed by atoms with Gasteiger partial charge in [0.15, 0.2) is 11.9 Å². The van der Waals surface area contributed by atoms with Gasteiger partial charge in [-0.2, -0.15) is 0 Å². The third-order valence-electron chi connectivity index (χ3n) is 2.80. The molecule has 23 heavy (non-hydrogen) atoms. The van der Waals surface area contributed by atoms with Crippen molar-refractivity contribution in [1.29, 1.82) is 0 Å². The number of primary amides is 1. The van der Waals surface area contributed by atoms with E-state index in [4.69, 9.17) is 14.9 Å². The first-order valence-electron chi connectivity index (χ1n) is 6.87. The summed E-state index contributed by atoms with van der Waals surface area (Å²) in [4.78, 5) is 46.2. The van der Waals surface area contributed by atoms with Gasteiger partial charge < -0.3 is 20.2 Å². The van der Waals surface area contributed by atoms with Crippen LogP contribution in [0.5, 0.6) is 0 Å². The van der Waals surface area contributed by atoms with Gasteiger partial charge in [0.25, 0.3) is 11.8 Å². The maximum atomic E-state index is 12.0. The van der Waals surface area contributed by atoms with Crippen molar-refractivity contribution < 1.29 is 28.3 Å². The first-order valence-corrected chi connectivity index (χ1v) is 6.87. The SMILES string of the molecule is CC(C)[C@@H](OC(=O)[C@H](C)NC(=O)c1ccco1)C(=O)NC(N)=O. The molecule has 0 unspecified atom stereocenters. The second kappa shape index (κ2) is 7.97. The molecule has 1 aromatic rings. The molecular formula is C14H19N3O6. The summed E-state index contributed by atoms with van der Waals surface area (Å²) >= 11 is 0. The Labute approximate surface area is 132 Å². The molecule has 1 rings (SSSR count). The van der Waals surface area contributed by atoms with Gasteiger partial charge in [0.1, 0.15) is 6.04 Å². The maximum absolute atomic E-state index is 12.0. The van der Waals surface area contributed by atoms with Crippen molar-refractivity contribution in [2.24, 2.45) is 11.7 Å². The number of nitrogens with two attached hydrogens (primary N) is 1. The molecule has 2 atom stereocenters. The minimum atomic E-state index is -1.21. The Morgan fingerprint density at radius 3 is 2.35 bits per heavy atom. The lowest BCUT2D eigenvalue weighted by molar-refractivity contribution is -0.159. The molecule has 0 spiro atoms. The number of hydrogen-bond donors (Lipinski definition) is 3. The number of hydrogen-bond acceptors (Lipinski definition) is 6. The number of rotatable bonds is 6. The minimum absolute atomic E-state index is 0.0385. The van der Waals surface area contributed by atoms with Crippen LogP contribution in [0.2, 0.25) is 0 Å². The topological polar surface area (TPSA) is 141 Å². The van der Waals surface area contributed by atoms with Gasteiger partial charge in [0.2, 0.25) is 0 Å². The number of carbonyl (C=O) groups excluding carboxylic acids is 4. The van der Waals surface area contributed by atoms with Crippen LogP contribution >= 0.6 is 0 Å². The van der Waals surface area contributed by atoms with E-state index in [1.807, 2.05) is 5.32 Å². The van der Waals surface area contributed by atoms with Gasteiger partial charge in [-0.3, -0.25) is 14.9 Å². The number of esters is 1. The summed E-state index contributed by atoms with van der Waals surface area (Å²) in [5.41, 5.74) is 4.86. The highest BCUT2D eigenvalue weighted by Gasteiger charge is 2.30. The molecular weight excluding hydrogens is 306 g/mol. The van der Waals surface area contributed by atoms with Gasteiger partial charge in [-0.15, -0.1) is 0 Å². The predicted octanol–water partition coefficient (Wildman–Crippen LogP) is 0.161. The van der Waals surface area contributed by atoms with Gasteiger partial charge in [0, 0.05) is 0 Å². The van der Waals surface area contributed by atoms with Crippen LogP contribution in [0, 0.1) is 5.92 Å². The summed E-state index contributed by atoms with van der Waals surface area (Å²) in [5.74, 6) is -2.61. The zero-order chi connectivity index (χ0) is 17.6. The van der Waals surface area contributed by atoms with Crippen molar-refractivity contribution in [3.8, 4) is 0 Å². The van der Waals surface area contributed by atoms with Gasteiger partial charge in [-0.25, -0.2) is 9.59 Å². The average molecular weight is 325 g/mol. The summed E-state index contributed by atoms with van der Waals surface area (Å²) in [5, 5.41) is 4.23. The molecule has 1 heterocycles. The van der Waals surface area contributed by atoms with Crippen molar-refractivity contribution in [2.45, 2.75) is 32.9 Å². The molecule has 1 aromatic heterocycles. The van der Waals surface area contributed by atoms with Crippen LogP contribution in [0.25, 0.3) is 0 Å². The molecule has 0 saturated heterocycles. The molecule has 0 bridgehead atoms. The molecule has 4 N–H and O–H groups in total. The normalized spacial score (nSPS) is 13.0. The Kier molecular flexibility index (Phi) is 6.31. The molecule has 0 saturated carbocycles. The molecule has 126 valence electrons. The second-order valence-corrected chi connectivity index (χ2v) is 5.13. The molecule has 0 fully saturated rings. The fourth-order valence-electron chi connectivity index (χ4n) is 1.65. The van der Waals surface area contributed by atoms with Crippen molar-refractivity contribution in [1.82, 2.24) is 10.6 Å². The van der Waals surface area contributed by atoms with Crippen LogP contribution in [0.15, 0.2) is 22.8 Å². The second-order valence-electron chi connectivity index (χ2n) is 5.13. The fraction of sp³-hybridized carbons (Fsp3) is 0.429. The number of furan rings is 1. The number of imide groups is 1. The predicted molar refractivity (Wildman–Crippen MR) is 78.1 cm³/mol. The van der Waals surface area contributed by atoms with E-state index in [1.54, 1.807) is 13.8 Å². The van der Waals surface area contributed by atoms with Gasteiger partial charge in [0.05, 0.1) is 6.26 Å².